The maximum Gasteiger partial charge on any atom is 1.00 e. The van der Waals surface area contributed by atoms with Crippen LogP contribution in [0.3, 0.4) is 0 Å². The van der Waals surface area contributed by atoms with E-state index in [0.717, 1.165) is 19.3 Å². The zero-order valence-corrected chi connectivity index (χ0v) is 18.1. The molecule has 0 amide bonds. The van der Waals surface area contributed by atoms with E-state index in [2.05, 4.69) is 0 Å². The molecular formula is C12H18K2O4. The Kier molecular flexibility index (Phi) is 12.5. The van der Waals surface area contributed by atoms with Crippen LogP contribution in [0.5, 0.6) is 0 Å². The van der Waals surface area contributed by atoms with Gasteiger partial charge in [-0.3, -0.25) is 0 Å². The van der Waals surface area contributed by atoms with Gasteiger partial charge in [-0.25, -0.2) is 0 Å². The van der Waals surface area contributed by atoms with Gasteiger partial charge in [0, 0.05) is 0 Å². The van der Waals surface area contributed by atoms with E-state index in [0.29, 0.717) is 12.8 Å². The standard InChI is InChI=1S/C12H20O4.2K/c1-8(2)12(10(13)14,11(15)16)9-6-4-3-5-7-9;;/h8-9H,3-7H2,1-2H3,(H,13,14)(H,15,16);;/q;2*+1/p-2. The average Bonchev–Trinajstić information content (AvgIpc) is 2.18. The van der Waals surface area contributed by atoms with Gasteiger partial charge in [0.15, 0.2) is 0 Å². The number of aliphatic carboxylic acids is 2. The number of hydrogen-bond acceptors (Lipinski definition) is 4. The Labute approximate surface area is 194 Å². The second-order valence-corrected chi connectivity index (χ2v) is 4.93. The van der Waals surface area contributed by atoms with Crippen LogP contribution in [0.15, 0.2) is 0 Å². The van der Waals surface area contributed by atoms with Gasteiger partial charge in [-0.2, -0.15) is 0 Å². The predicted octanol–water partition coefficient (Wildman–Crippen LogP) is -6.28. The molecule has 0 N–H and O–H groups in total. The summed E-state index contributed by atoms with van der Waals surface area (Å²) in [5.74, 6) is -3.84. The van der Waals surface area contributed by atoms with Gasteiger partial charge in [-0.1, -0.05) is 33.1 Å². The molecule has 0 aromatic heterocycles. The van der Waals surface area contributed by atoms with Crippen LogP contribution in [0.25, 0.3) is 0 Å². The molecule has 1 saturated carbocycles. The zero-order chi connectivity index (χ0) is 12.3. The smallest absolute Gasteiger partial charge is 0.549 e. The molecule has 6 heteroatoms. The van der Waals surface area contributed by atoms with Crippen molar-refractivity contribution in [2.24, 2.45) is 17.3 Å². The van der Waals surface area contributed by atoms with Crippen molar-refractivity contribution in [3.8, 4) is 0 Å². The van der Waals surface area contributed by atoms with Crippen molar-refractivity contribution < 1.29 is 123 Å². The van der Waals surface area contributed by atoms with E-state index in [-0.39, 0.29) is 109 Å². The molecule has 0 radical (unpaired) electrons. The summed E-state index contributed by atoms with van der Waals surface area (Å²) in [6, 6.07) is 0. The molecule has 0 atom stereocenters. The Morgan fingerprint density at radius 1 is 1.00 bits per heavy atom. The molecule has 0 unspecified atom stereocenters. The molecule has 4 nitrogen and oxygen atoms in total. The summed E-state index contributed by atoms with van der Waals surface area (Å²) in [5.41, 5.74) is -1.82. The summed E-state index contributed by atoms with van der Waals surface area (Å²) < 4.78 is 0. The molecule has 0 aromatic carbocycles. The van der Waals surface area contributed by atoms with Crippen LogP contribution < -0.4 is 113 Å². The van der Waals surface area contributed by atoms with E-state index < -0.39 is 23.3 Å². The minimum atomic E-state index is -1.82. The van der Waals surface area contributed by atoms with Crippen LogP contribution in [0, 0.1) is 17.3 Å². The van der Waals surface area contributed by atoms with Gasteiger partial charge in [0.05, 0.1) is 17.4 Å². The molecule has 92 valence electrons. The Bertz CT molecular complexity index is 272. The van der Waals surface area contributed by atoms with Crippen LogP contribution >= 0.6 is 0 Å². The molecule has 1 aliphatic rings. The Morgan fingerprint density at radius 3 is 1.67 bits per heavy atom. The number of carboxylic acids is 2. The molecule has 0 aromatic rings. The summed E-state index contributed by atoms with van der Waals surface area (Å²) in [6.07, 6.45) is 4.10. The number of carbonyl (C=O) groups is 2. The van der Waals surface area contributed by atoms with E-state index >= 15 is 0 Å². The van der Waals surface area contributed by atoms with Crippen molar-refractivity contribution >= 4 is 11.9 Å². The topological polar surface area (TPSA) is 80.3 Å². The summed E-state index contributed by atoms with van der Waals surface area (Å²) in [5, 5.41) is 22.5. The Balaban J connectivity index is 0. The molecule has 1 fully saturated rings. The third-order valence-corrected chi connectivity index (χ3v) is 3.84. The zero-order valence-electron chi connectivity index (χ0n) is 11.8. The van der Waals surface area contributed by atoms with Crippen molar-refractivity contribution in [2.45, 2.75) is 46.0 Å². The Hall–Kier alpha value is 2.21. The first-order chi connectivity index (χ1) is 7.44. The third kappa shape index (κ3) is 4.61. The van der Waals surface area contributed by atoms with E-state index in [1.807, 2.05) is 0 Å². The van der Waals surface area contributed by atoms with Gasteiger partial charge in [-0.15, -0.1) is 0 Å². The van der Waals surface area contributed by atoms with E-state index in [1.165, 1.54) is 0 Å². The van der Waals surface area contributed by atoms with Crippen molar-refractivity contribution in [3.05, 3.63) is 0 Å². The SMILES string of the molecule is CC(C)C(C(=O)[O-])(C(=O)[O-])C1CCCCC1.[K+].[K+]. The molecule has 0 saturated heterocycles. The number of carbonyl (C=O) groups excluding carboxylic acids is 2. The monoisotopic (exact) mass is 304 g/mol. The maximum atomic E-state index is 11.3. The molecule has 18 heavy (non-hydrogen) atoms. The average molecular weight is 304 g/mol. The van der Waals surface area contributed by atoms with Crippen LogP contribution in [0.4, 0.5) is 0 Å². The summed E-state index contributed by atoms with van der Waals surface area (Å²) in [6.45, 7) is 3.22. The largest absolute Gasteiger partial charge is 1.00 e. The second-order valence-electron chi connectivity index (χ2n) is 4.93. The number of hydrogen-bond donors (Lipinski definition) is 0. The van der Waals surface area contributed by atoms with Crippen molar-refractivity contribution in [3.63, 3.8) is 0 Å². The van der Waals surface area contributed by atoms with E-state index in [9.17, 15) is 19.8 Å². The molecule has 0 aliphatic heterocycles. The molecule has 0 spiro atoms. The Morgan fingerprint density at radius 2 is 1.39 bits per heavy atom. The first-order valence-corrected chi connectivity index (χ1v) is 5.87. The van der Waals surface area contributed by atoms with Crippen LogP contribution in [-0.2, 0) is 9.59 Å². The molecule has 1 aliphatic carbocycles. The molecule has 0 heterocycles. The van der Waals surface area contributed by atoms with Crippen molar-refractivity contribution in [1.82, 2.24) is 0 Å². The van der Waals surface area contributed by atoms with Crippen LogP contribution in [0.1, 0.15) is 46.0 Å². The van der Waals surface area contributed by atoms with E-state index in [1.54, 1.807) is 13.8 Å². The fourth-order valence-electron chi connectivity index (χ4n) is 2.92. The summed E-state index contributed by atoms with van der Waals surface area (Å²) >= 11 is 0. The minimum absolute atomic E-state index is 0. The number of carboxylic acid groups (broad SMARTS) is 2. The molecule has 1 rings (SSSR count). The van der Waals surface area contributed by atoms with Gasteiger partial charge in [0.25, 0.3) is 0 Å². The maximum absolute atomic E-state index is 11.3. The predicted molar refractivity (Wildman–Crippen MR) is 53.9 cm³/mol. The van der Waals surface area contributed by atoms with Gasteiger partial charge in [-0.05, 0) is 24.7 Å². The first-order valence-electron chi connectivity index (χ1n) is 5.87. The van der Waals surface area contributed by atoms with Gasteiger partial charge in [0.1, 0.15) is 0 Å². The molecular weight excluding hydrogens is 286 g/mol. The van der Waals surface area contributed by atoms with Crippen molar-refractivity contribution in [1.29, 1.82) is 0 Å². The van der Waals surface area contributed by atoms with Gasteiger partial charge >= 0.3 is 103 Å². The first kappa shape index (κ1) is 22.5. The quantitative estimate of drug-likeness (QED) is 0.382. The van der Waals surface area contributed by atoms with Crippen LogP contribution in [-0.4, -0.2) is 11.9 Å². The summed E-state index contributed by atoms with van der Waals surface area (Å²) in [7, 11) is 0. The second kappa shape index (κ2) is 10.0. The molecule has 0 bridgehead atoms. The van der Waals surface area contributed by atoms with E-state index in [4.69, 9.17) is 0 Å². The van der Waals surface area contributed by atoms with Gasteiger partial charge < -0.3 is 19.8 Å². The van der Waals surface area contributed by atoms with Gasteiger partial charge in [0.2, 0.25) is 0 Å². The normalized spacial score (nSPS) is 16.6. The fraction of sp³-hybridized carbons (Fsp3) is 0.833. The fourth-order valence-corrected chi connectivity index (χ4v) is 2.92. The number of rotatable bonds is 4. The summed E-state index contributed by atoms with van der Waals surface area (Å²) in [4.78, 5) is 22.5. The van der Waals surface area contributed by atoms with Crippen LogP contribution in [0.2, 0.25) is 0 Å². The third-order valence-electron chi connectivity index (χ3n) is 3.84. The van der Waals surface area contributed by atoms with Crippen molar-refractivity contribution in [2.75, 3.05) is 0 Å². The minimum Gasteiger partial charge on any atom is -0.549 e.